The Labute approximate surface area is 160 Å². The molecule has 3 rings (SSSR count). The van der Waals surface area contributed by atoms with Crippen LogP contribution < -0.4 is 16.0 Å². The molecule has 0 aliphatic carbocycles. The Morgan fingerprint density at radius 1 is 1.07 bits per heavy atom. The van der Waals surface area contributed by atoms with Crippen LogP contribution in [-0.2, 0) is 16.6 Å². The minimum Gasteiger partial charge on any atom is -0.322 e. The average Bonchev–Trinajstić information content (AvgIpc) is 2.63. The van der Waals surface area contributed by atoms with Crippen LogP contribution in [0.3, 0.4) is 0 Å². The van der Waals surface area contributed by atoms with Gasteiger partial charge in [0.2, 0.25) is 10.0 Å². The fourth-order valence-corrected chi connectivity index (χ4v) is 3.07. The van der Waals surface area contributed by atoms with Crippen molar-refractivity contribution in [3.05, 3.63) is 94.2 Å². The van der Waals surface area contributed by atoms with E-state index in [1.807, 2.05) is 0 Å². The quantitative estimate of drug-likeness (QED) is 0.680. The molecule has 1 amide bonds. The number of aromatic nitrogens is 1. The molecule has 3 aromatic rings. The van der Waals surface area contributed by atoms with Gasteiger partial charge in [-0.05, 0) is 48.0 Å². The van der Waals surface area contributed by atoms with Crippen LogP contribution in [0.2, 0.25) is 0 Å². The molecule has 0 aliphatic heterocycles. The van der Waals surface area contributed by atoms with E-state index in [0.29, 0.717) is 11.3 Å². The van der Waals surface area contributed by atoms with Gasteiger partial charge >= 0.3 is 0 Å². The number of anilines is 1. The number of nitrogens with one attached hydrogen (secondary N) is 1. The number of sulfonamides is 1. The van der Waals surface area contributed by atoms with Crippen LogP contribution in [0.4, 0.5) is 10.1 Å². The zero-order chi connectivity index (χ0) is 20.3. The highest BCUT2D eigenvalue weighted by atomic mass is 32.2. The summed E-state index contributed by atoms with van der Waals surface area (Å²) >= 11 is 0. The molecule has 0 bridgehead atoms. The normalized spacial score (nSPS) is 11.2. The molecule has 3 N–H and O–H groups in total. The van der Waals surface area contributed by atoms with Gasteiger partial charge in [0.15, 0.2) is 0 Å². The van der Waals surface area contributed by atoms with Crippen molar-refractivity contribution in [2.75, 3.05) is 5.32 Å². The van der Waals surface area contributed by atoms with E-state index in [2.05, 4.69) is 5.32 Å². The van der Waals surface area contributed by atoms with Gasteiger partial charge in [-0.1, -0.05) is 12.1 Å². The third-order valence-corrected chi connectivity index (χ3v) is 4.86. The number of carbonyl (C=O) groups is 1. The molecule has 0 saturated heterocycles. The van der Waals surface area contributed by atoms with Crippen LogP contribution in [0.5, 0.6) is 0 Å². The summed E-state index contributed by atoms with van der Waals surface area (Å²) in [6.45, 7) is 0.112. The van der Waals surface area contributed by atoms with Gasteiger partial charge in [-0.3, -0.25) is 9.59 Å². The number of amides is 1. The Hall–Kier alpha value is -3.30. The summed E-state index contributed by atoms with van der Waals surface area (Å²) in [5.74, 6) is -0.904. The van der Waals surface area contributed by atoms with Gasteiger partial charge in [-0.15, -0.1) is 0 Å². The molecule has 0 saturated carbocycles. The first-order chi connectivity index (χ1) is 13.2. The van der Waals surface area contributed by atoms with E-state index in [9.17, 15) is 22.4 Å². The maximum Gasteiger partial charge on any atom is 0.257 e. The molecule has 0 fully saturated rings. The van der Waals surface area contributed by atoms with Gasteiger partial charge in [-0.2, -0.15) is 0 Å². The summed E-state index contributed by atoms with van der Waals surface area (Å²) < 4.78 is 37.2. The molecular weight excluding hydrogens is 385 g/mol. The number of pyridine rings is 1. The maximum absolute atomic E-state index is 13.3. The second-order valence-electron chi connectivity index (χ2n) is 6.04. The molecule has 0 unspecified atom stereocenters. The SMILES string of the molecule is NS(=O)(=O)c1ccc(NC(=O)c2ccc(=O)n(Cc3cccc(F)c3)c2)cc1. The highest BCUT2D eigenvalue weighted by molar-refractivity contribution is 7.89. The standard InChI is InChI=1S/C19H16FN3O4S/c20-15-3-1-2-13(10-15)11-23-12-14(4-9-18(23)24)19(25)22-16-5-7-17(8-6-16)28(21,26)27/h1-10,12H,11H2,(H,22,25)(H2,21,26,27). The molecule has 0 radical (unpaired) electrons. The highest BCUT2D eigenvalue weighted by Gasteiger charge is 2.11. The average molecular weight is 401 g/mol. The van der Waals surface area contributed by atoms with E-state index < -0.39 is 21.7 Å². The van der Waals surface area contributed by atoms with Crippen LogP contribution >= 0.6 is 0 Å². The van der Waals surface area contributed by atoms with Crippen LogP contribution in [0.25, 0.3) is 0 Å². The summed E-state index contributed by atoms with van der Waals surface area (Å²) in [6.07, 6.45) is 1.38. The topological polar surface area (TPSA) is 111 Å². The second-order valence-corrected chi connectivity index (χ2v) is 7.60. The molecule has 7 nitrogen and oxygen atoms in total. The van der Waals surface area contributed by atoms with Gasteiger partial charge in [0.1, 0.15) is 5.82 Å². The molecule has 9 heteroatoms. The maximum atomic E-state index is 13.3. The summed E-state index contributed by atoms with van der Waals surface area (Å²) in [6, 6.07) is 13.8. The van der Waals surface area contributed by atoms with Crippen molar-refractivity contribution >= 4 is 21.6 Å². The molecule has 0 atom stereocenters. The molecular formula is C19H16FN3O4S. The Morgan fingerprint density at radius 2 is 1.79 bits per heavy atom. The van der Waals surface area contributed by atoms with E-state index in [1.165, 1.54) is 65.4 Å². The number of nitrogens with two attached hydrogens (primary N) is 1. The predicted molar refractivity (Wildman–Crippen MR) is 102 cm³/mol. The fraction of sp³-hybridized carbons (Fsp3) is 0.0526. The number of halogens is 1. The van der Waals surface area contributed by atoms with Crippen molar-refractivity contribution in [2.24, 2.45) is 5.14 Å². The molecule has 1 heterocycles. The van der Waals surface area contributed by atoms with Crippen molar-refractivity contribution in [3.63, 3.8) is 0 Å². The van der Waals surface area contributed by atoms with Crippen molar-refractivity contribution in [3.8, 4) is 0 Å². The second kappa shape index (κ2) is 7.75. The van der Waals surface area contributed by atoms with Crippen molar-refractivity contribution in [1.82, 2.24) is 4.57 Å². The van der Waals surface area contributed by atoms with Gasteiger partial charge in [0.05, 0.1) is 17.0 Å². The number of hydrogen-bond acceptors (Lipinski definition) is 4. The number of primary sulfonamides is 1. The van der Waals surface area contributed by atoms with Crippen LogP contribution in [0.1, 0.15) is 15.9 Å². The first kappa shape index (κ1) is 19.5. The Bertz CT molecular complexity index is 1190. The third kappa shape index (κ3) is 4.70. The van der Waals surface area contributed by atoms with Crippen LogP contribution in [0, 0.1) is 5.82 Å². The van der Waals surface area contributed by atoms with Gasteiger partial charge in [0, 0.05) is 18.0 Å². The lowest BCUT2D eigenvalue weighted by atomic mass is 10.2. The zero-order valence-electron chi connectivity index (χ0n) is 14.5. The fourth-order valence-electron chi connectivity index (χ4n) is 2.55. The molecule has 2 aromatic carbocycles. The smallest absolute Gasteiger partial charge is 0.257 e. The molecule has 144 valence electrons. The molecule has 0 spiro atoms. The number of nitrogens with zero attached hydrogens (tertiary/aromatic N) is 1. The van der Waals surface area contributed by atoms with Crippen LogP contribution in [0.15, 0.2) is 76.6 Å². The monoisotopic (exact) mass is 401 g/mol. The van der Waals surface area contributed by atoms with Gasteiger partial charge < -0.3 is 9.88 Å². The van der Waals surface area contributed by atoms with Crippen molar-refractivity contribution in [2.45, 2.75) is 11.4 Å². The summed E-state index contributed by atoms with van der Waals surface area (Å²) in [5.41, 5.74) is 0.823. The highest BCUT2D eigenvalue weighted by Crippen LogP contribution is 2.14. The minimum absolute atomic E-state index is 0.0749. The predicted octanol–water partition coefficient (Wildman–Crippen LogP) is 1.94. The third-order valence-electron chi connectivity index (χ3n) is 3.93. The van der Waals surface area contributed by atoms with E-state index in [4.69, 9.17) is 5.14 Å². The van der Waals surface area contributed by atoms with Gasteiger partial charge in [-0.25, -0.2) is 17.9 Å². The number of benzene rings is 2. The lowest BCUT2D eigenvalue weighted by Crippen LogP contribution is -2.22. The van der Waals surface area contributed by atoms with Gasteiger partial charge in [0.25, 0.3) is 11.5 Å². The summed E-state index contributed by atoms with van der Waals surface area (Å²) in [5, 5.41) is 7.64. The first-order valence-electron chi connectivity index (χ1n) is 8.11. The summed E-state index contributed by atoms with van der Waals surface area (Å²) in [4.78, 5) is 24.4. The number of rotatable bonds is 5. The number of hydrogen-bond donors (Lipinski definition) is 2. The lowest BCUT2D eigenvalue weighted by Gasteiger charge is -2.10. The Balaban J connectivity index is 1.79. The van der Waals surface area contributed by atoms with Crippen molar-refractivity contribution < 1.29 is 17.6 Å². The van der Waals surface area contributed by atoms with E-state index in [1.54, 1.807) is 6.07 Å². The Kier molecular flexibility index (Phi) is 5.39. The van der Waals surface area contributed by atoms with E-state index in [0.717, 1.165) is 0 Å². The first-order valence-corrected chi connectivity index (χ1v) is 9.66. The van der Waals surface area contributed by atoms with Crippen molar-refractivity contribution in [1.29, 1.82) is 0 Å². The minimum atomic E-state index is -3.82. The largest absolute Gasteiger partial charge is 0.322 e. The number of carbonyl (C=O) groups excluding carboxylic acids is 1. The van der Waals surface area contributed by atoms with Crippen LogP contribution in [-0.4, -0.2) is 18.9 Å². The Morgan fingerprint density at radius 3 is 2.43 bits per heavy atom. The zero-order valence-corrected chi connectivity index (χ0v) is 15.3. The molecule has 1 aromatic heterocycles. The molecule has 28 heavy (non-hydrogen) atoms. The van der Waals surface area contributed by atoms with E-state index >= 15 is 0 Å². The summed E-state index contributed by atoms with van der Waals surface area (Å²) in [7, 11) is -3.82. The van der Waals surface area contributed by atoms with E-state index in [-0.39, 0.29) is 22.6 Å². The molecule has 0 aliphatic rings. The lowest BCUT2D eigenvalue weighted by molar-refractivity contribution is 0.102.